The van der Waals surface area contributed by atoms with Crippen LogP contribution in [0.5, 0.6) is 0 Å². The van der Waals surface area contributed by atoms with E-state index >= 15 is 0 Å². The Labute approximate surface area is 199 Å². The number of amides is 1. The number of nitrogens with one attached hydrogen (secondary N) is 1. The van der Waals surface area contributed by atoms with Gasteiger partial charge in [-0.25, -0.2) is 9.97 Å². The fourth-order valence-corrected chi connectivity index (χ4v) is 5.78. The van der Waals surface area contributed by atoms with Crippen molar-refractivity contribution in [1.82, 2.24) is 29.3 Å². The number of pyridine rings is 1. The van der Waals surface area contributed by atoms with E-state index in [-0.39, 0.29) is 11.4 Å². The number of carbonyl (C=O) groups excluding carboxylic acids is 1. The van der Waals surface area contributed by atoms with Crippen LogP contribution in [0.25, 0.3) is 11.0 Å². The largest absolute Gasteiger partial charge is 0.354 e. The van der Waals surface area contributed by atoms with E-state index in [2.05, 4.69) is 43.6 Å². The first-order valence-corrected chi connectivity index (χ1v) is 12.1. The van der Waals surface area contributed by atoms with Crippen LogP contribution in [-0.4, -0.2) is 82.5 Å². The standard InChI is InChI=1S/C25H32N8O/c1-16-18-12-25(16,13-18)33-20(23(34)30(2)3)11-17-14-27-24(29-22(17)33)28-19-5-6-21(26-15-19)32-9-7-31(4)8-10-32/h5-6,11,14-16,18H,7-10,12-13H2,1-4H3,(H,27,28,29)/t16-,18?,25?/m1/s1. The van der Waals surface area contributed by atoms with Crippen molar-refractivity contribution < 1.29 is 4.79 Å². The normalized spacial score (nSPS) is 26.2. The third-order valence-corrected chi connectivity index (χ3v) is 8.23. The molecule has 1 saturated heterocycles. The molecule has 3 saturated carbocycles. The van der Waals surface area contributed by atoms with Gasteiger partial charge in [-0.2, -0.15) is 4.98 Å². The predicted molar refractivity (Wildman–Crippen MR) is 133 cm³/mol. The molecule has 4 heterocycles. The molecule has 0 unspecified atom stereocenters. The number of piperazine rings is 1. The molecule has 178 valence electrons. The van der Waals surface area contributed by atoms with Crippen LogP contribution in [-0.2, 0) is 5.54 Å². The number of aromatic nitrogens is 4. The van der Waals surface area contributed by atoms with Crippen LogP contribution in [0.2, 0.25) is 0 Å². The quantitative estimate of drug-likeness (QED) is 0.627. The van der Waals surface area contributed by atoms with E-state index in [9.17, 15) is 4.79 Å². The summed E-state index contributed by atoms with van der Waals surface area (Å²) in [6, 6.07) is 6.02. The first-order chi connectivity index (χ1) is 16.4. The van der Waals surface area contributed by atoms with Gasteiger partial charge in [0.1, 0.15) is 17.2 Å². The lowest BCUT2D eigenvalue weighted by molar-refractivity contribution is -0.160. The Morgan fingerprint density at radius 2 is 1.88 bits per heavy atom. The van der Waals surface area contributed by atoms with Gasteiger partial charge < -0.3 is 24.6 Å². The van der Waals surface area contributed by atoms with Crippen LogP contribution < -0.4 is 10.2 Å². The molecule has 1 N–H and O–H groups in total. The lowest BCUT2D eigenvalue weighted by Crippen LogP contribution is -2.67. The molecule has 0 aromatic carbocycles. The molecule has 4 aliphatic rings. The highest BCUT2D eigenvalue weighted by Gasteiger charge is 2.65. The average Bonchev–Trinajstić information content (AvgIpc) is 3.17. The molecular formula is C25H32N8O. The minimum absolute atomic E-state index is 0.00472. The van der Waals surface area contributed by atoms with Crippen molar-refractivity contribution in [1.29, 1.82) is 0 Å². The zero-order valence-corrected chi connectivity index (χ0v) is 20.3. The van der Waals surface area contributed by atoms with Gasteiger partial charge in [-0.3, -0.25) is 4.79 Å². The zero-order valence-electron chi connectivity index (χ0n) is 20.3. The second kappa shape index (κ2) is 7.66. The Kier molecular flexibility index (Phi) is 4.81. The number of likely N-dealkylation sites (N-methyl/N-ethyl adjacent to an activating group) is 1. The summed E-state index contributed by atoms with van der Waals surface area (Å²) in [4.78, 5) is 33.4. The molecule has 34 heavy (non-hydrogen) atoms. The molecule has 1 atom stereocenters. The molecule has 7 rings (SSSR count). The second-order valence-corrected chi connectivity index (χ2v) is 10.4. The van der Waals surface area contributed by atoms with Gasteiger partial charge in [0.05, 0.1) is 17.4 Å². The highest BCUT2D eigenvalue weighted by Crippen LogP contribution is 2.67. The molecule has 0 radical (unpaired) electrons. The Bertz CT molecular complexity index is 1240. The molecule has 3 aromatic rings. The summed E-state index contributed by atoms with van der Waals surface area (Å²) in [7, 11) is 5.75. The summed E-state index contributed by atoms with van der Waals surface area (Å²) in [5.74, 6) is 2.85. The molecule has 0 spiro atoms. The van der Waals surface area contributed by atoms with Crippen LogP contribution in [0, 0.1) is 11.8 Å². The summed E-state index contributed by atoms with van der Waals surface area (Å²) in [5, 5.41) is 4.21. The number of hydrogen-bond acceptors (Lipinski definition) is 7. The topological polar surface area (TPSA) is 82.4 Å². The highest BCUT2D eigenvalue weighted by molar-refractivity contribution is 5.98. The number of carbonyl (C=O) groups is 1. The fourth-order valence-electron chi connectivity index (χ4n) is 5.78. The summed E-state index contributed by atoms with van der Waals surface area (Å²) in [6.45, 7) is 6.37. The van der Waals surface area contributed by atoms with E-state index in [0.717, 1.165) is 67.5 Å². The first-order valence-electron chi connectivity index (χ1n) is 12.1. The highest BCUT2D eigenvalue weighted by atomic mass is 16.2. The van der Waals surface area contributed by atoms with Gasteiger partial charge in [0.25, 0.3) is 5.91 Å². The summed E-state index contributed by atoms with van der Waals surface area (Å²) in [6.07, 6.45) is 5.90. The van der Waals surface area contributed by atoms with Crippen molar-refractivity contribution in [2.45, 2.75) is 25.3 Å². The molecule has 1 amide bonds. The third kappa shape index (κ3) is 3.17. The maximum Gasteiger partial charge on any atom is 0.270 e. The number of hydrogen-bond donors (Lipinski definition) is 1. The van der Waals surface area contributed by atoms with Crippen molar-refractivity contribution in [2.24, 2.45) is 11.8 Å². The molecule has 4 fully saturated rings. The van der Waals surface area contributed by atoms with Crippen LogP contribution in [0.15, 0.2) is 30.6 Å². The zero-order chi connectivity index (χ0) is 23.6. The molecule has 2 bridgehead atoms. The van der Waals surface area contributed by atoms with Crippen molar-refractivity contribution >= 4 is 34.4 Å². The summed E-state index contributed by atoms with van der Waals surface area (Å²) < 4.78 is 2.21. The number of fused-ring (bicyclic) bond motifs is 1. The molecule has 3 aromatic heterocycles. The minimum Gasteiger partial charge on any atom is -0.354 e. The lowest BCUT2D eigenvalue weighted by atomic mass is 9.42. The fraction of sp³-hybridized carbons (Fsp3) is 0.520. The van der Waals surface area contributed by atoms with Crippen molar-refractivity contribution in [3.8, 4) is 0 Å². The van der Waals surface area contributed by atoms with Gasteiger partial charge in [-0.05, 0) is 49.9 Å². The van der Waals surface area contributed by atoms with Crippen LogP contribution in [0.4, 0.5) is 17.5 Å². The smallest absolute Gasteiger partial charge is 0.270 e. The maximum atomic E-state index is 13.0. The van der Waals surface area contributed by atoms with Crippen molar-refractivity contribution in [2.75, 3.05) is 57.5 Å². The van der Waals surface area contributed by atoms with Gasteiger partial charge in [-0.1, -0.05) is 6.92 Å². The number of anilines is 3. The molecule has 9 nitrogen and oxygen atoms in total. The first kappa shape index (κ1) is 21.3. The number of rotatable bonds is 5. The second-order valence-electron chi connectivity index (χ2n) is 10.4. The van der Waals surface area contributed by atoms with Crippen molar-refractivity contribution in [3.05, 3.63) is 36.3 Å². The third-order valence-electron chi connectivity index (χ3n) is 8.23. The SMILES string of the molecule is C[C@@H]1C2CC1(n1c(C(=O)N(C)C)cc3cnc(Nc4ccc(N5CCN(C)CC5)nc4)nc31)C2. The van der Waals surface area contributed by atoms with Gasteiger partial charge in [-0.15, -0.1) is 0 Å². The summed E-state index contributed by atoms with van der Waals surface area (Å²) >= 11 is 0. The molecular weight excluding hydrogens is 428 g/mol. The van der Waals surface area contributed by atoms with E-state index < -0.39 is 0 Å². The van der Waals surface area contributed by atoms with Crippen molar-refractivity contribution in [3.63, 3.8) is 0 Å². The average molecular weight is 461 g/mol. The molecule has 9 heteroatoms. The molecule has 1 aliphatic heterocycles. The van der Waals surface area contributed by atoms with E-state index in [4.69, 9.17) is 4.98 Å². The Balaban J connectivity index is 1.30. The monoisotopic (exact) mass is 460 g/mol. The Morgan fingerprint density at radius 3 is 2.47 bits per heavy atom. The summed E-state index contributed by atoms with van der Waals surface area (Å²) in [5.41, 5.74) is 2.38. The number of nitrogens with zero attached hydrogens (tertiary/aromatic N) is 7. The van der Waals surface area contributed by atoms with E-state index in [1.807, 2.05) is 30.6 Å². The lowest BCUT2D eigenvalue weighted by Gasteiger charge is -2.68. The van der Waals surface area contributed by atoms with Gasteiger partial charge >= 0.3 is 0 Å². The van der Waals surface area contributed by atoms with Gasteiger partial charge in [0.2, 0.25) is 5.95 Å². The molecule has 3 aliphatic carbocycles. The minimum atomic E-state index is 0.00472. The van der Waals surface area contributed by atoms with Crippen LogP contribution >= 0.6 is 0 Å². The Morgan fingerprint density at radius 1 is 1.12 bits per heavy atom. The Hall–Kier alpha value is -3.20. The van der Waals surface area contributed by atoms with Gasteiger partial charge in [0.15, 0.2) is 0 Å². The van der Waals surface area contributed by atoms with E-state index in [1.54, 1.807) is 19.0 Å². The van der Waals surface area contributed by atoms with Crippen LogP contribution in [0.3, 0.4) is 0 Å². The maximum absolute atomic E-state index is 13.0. The predicted octanol–water partition coefficient (Wildman–Crippen LogP) is 2.78. The van der Waals surface area contributed by atoms with E-state index in [1.165, 1.54) is 0 Å². The van der Waals surface area contributed by atoms with E-state index in [0.29, 0.717) is 17.6 Å². The van der Waals surface area contributed by atoms with Gasteiger partial charge in [0, 0.05) is 51.9 Å². The van der Waals surface area contributed by atoms with Crippen LogP contribution in [0.1, 0.15) is 30.3 Å².